The standard InChI is InChI=1S/C15H16ClNO4S/c1-11-5-7-14(8-6-11)22(19,20)17(12(2)15(16)18)10-13-4-3-9-21-13/h3-9,12H,10H2,1-2H3. The van der Waals surface area contributed by atoms with Crippen LogP contribution in [0.25, 0.3) is 0 Å². The highest BCUT2D eigenvalue weighted by atomic mass is 35.5. The molecule has 0 aliphatic rings. The zero-order valence-electron chi connectivity index (χ0n) is 12.2. The fourth-order valence-corrected chi connectivity index (χ4v) is 3.68. The lowest BCUT2D eigenvalue weighted by molar-refractivity contribution is -0.114. The molecule has 2 aromatic rings. The molecule has 1 atom stereocenters. The van der Waals surface area contributed by atoms with Crippen LogP contribution in [0.15, 0.2) is 52.0 Å². The van der Waals surface area contributed by atoms with E-state index in [9.17, 15) is 13.2 Å². The highest BCUT2D eigenvalue weighted by Crippen LogP contribution is 2.22. The van der Waals surface area contributed by atoms with Gasteiger partial charge < -0.3 is 4.42 Å². The number of hydrogen-bond acceptors (Lipinski definition) is 4. The molecule has 0 bridgehead atoms. The third kappa shape index (κ3) is 3.58. The number of halogens is 1. The topological polar surface area (TPSA) is 67.6 Å². The van der Waals surface area contributed by atoms with E-state index in [1.54, 1.807) is 24.3 Å². The molecule has 0 spiro atoms. The van der Waals surface area contributed by atoms with Crippen LogP contribution in [0.2, 0.25) is 0 Å². The van der Waals surface area contributed by atoms with E-state index in [0.29, 0.717) is 5.76 Å². The van der Waals surface area contributed by atoms with Crippen LogP contribution in [-0.2, 0) is 21.4 Å². The van der Waals surface area contributed by atoms with Crippen molar-refractivity contribution in [2.45, 2.75) is 31.3 Å². The highest BCUT2D eigenvalue weighted by Gasteiger charge is 2.33. The molecule has 22 heavy (non-hydrogen) atoms. The predicted octanol–water partition coefficient (Wildman–Crippen LogP) is 2.93. The molecule has 0 saturated carbocycles. The summed E-state index contributed by atoms with van der Waals surface area (Å²) >= 11 is 5.51. The van der Waals surface area contributed by atoms with Crippen LogP contribution in [0.4, 0.5) is 0 Å². The lowest BCUT2D eigenvalue weighted by Gasteiger charge is -2.25. The summed E-state index contributed by atoms with van der Waals surface area (Å²) in [5, 5.41) is -0.748. The first-order chi connectivity index (χ1) is 10.3. The quantitative estimate of drug-likeness (QED) is 0.757. The molecule has 0 saturated heterocycles. The number of nitrogens with zero attached hydrogens (tertiary/aromatic N) is 1. The zero-order valence-corrected chi connectivity index (χ0v) is 13.8. The Balaban J connectivity index is 2.42. The maximum atomic E-state index is 12.8. The minimum absolute atomic E-state index is 0.0666. The number of rotatable bonds is 6. The van der Waals surface area contributed by atoms with E-state index in [-0.39, 0.29) is 11.4 Å². The minimum atomic E-state index is -3.87. The Hall–Kier alpha value is -1.63. The summed E-state index contributed by atoms with van der Waals surface area (Å²) in [6.07, 6.45) is 1.44. The van der Waals surface area contributed by atoms with E-state index in [4.69, 9.17) is 16.0 Å². The van der Waals surface area contributed by atoms with Crippen molar-refractivity contribution in [2.75, 3.05) is 0 Å². The molecule has 0 amide bonds. The van der Waals surface area contributed by atoms with Crippen LogP contribution in [-0.4, -0.2) is 24.0 Å². The van der Waals surface area contributed by atoms with Gasteiger partial charge in [-0.15, -0.1) is 0 Å². The van der Waals surface area contributed by atoms with Gasteiger partial charge in [-0.1, -0.05) is 17.7 Å². The van der Waals surface area contributed by atoms with Crippen molar-refractivity contribution in [1.29, 1.82) is 0 Å². The van der Waals surface area contributed by atoms with Crippen LogP contribution < -0.4 is 0 Å². The summed E-state index contributed by atoms with van der Waals surface area (Å²) in [7, 11) is -3.87. The third-order valence-corrected chi connectivity index (χ3v) is 5.53. The summed E-state index contributed by atoms with van der Waals surface area (Å²) in [5.41, 5.74) is 0.943. The van der Waals surface area contributed by atoms with E-state index in [2.05, 4.69) is 0 Å². The van der Waals surface area contributed by atoms with Gasteiger partial charge in [0.25, 0.3) is 0 Å². The average Bonchev–Trinajstić information content (AvgIpc) is 2.97. The second-order valence-electron chi connectivity index (χ2n) is 4.92. The molecule has 0 aliphatic heterocycles. The maximum absolute atomic E-state index is 12.8. The highest BCUT2D eigenvalue weighted by molar-refractivity contribution is 7.89. The number of benzene rings is 1. The third-order valence-electron chi connectivity index (χ3n) is 3.28. The first kappa shape index (κ1) is 16.7. The predicted molar refractivity (Wildman–Crippen MR) is 82.9 cm³/mol. The van der Waals surface area contributed by atoms with Crippen molar-refractivity contribution in [2.24, 2.45) is 0 Å². The van der Waals surface area contributed by atoms with Crippen LogP contribution in [0.1, 0.15) is 18.2 Å². The van der Waals surface area contributed by atoms with Gasteiger partial charge in [-0.25, -0.2) is 8.42 Å². The van der Waals surface area contributed by atoms with Crippen molar-refractivity contribution in [1.82, 2.24) is 4.31 Å². The summed E-state index contributed by atoms with van der Waals surface area (Å²) in [6.45, 7) is 3.24. The van der Waals surface area contributed by atoms with Crippen molar-refractivity contribution in [3.63, 3.8) is 0 Å². The summed E-state index contributed by atoms with van der Waals surface area (Å²) < 4.78 is 31.8. The molecule has 1 unspecified atom stereocenters. The van der Waals surface area contributed by atoms with E-state index in [0.717, 1.165) is 9.87 Å². The molecular weight excluding hydrogens is 326 g/mol. The second-order valence-corrected chi connectivity index (χ2v) is 7.19. The Bertz CT molecular complexity index is 738. The van der Waals surface area contributed by atoms with Gasteiger partial charge in [-0.05, 0) is 49.7 Å². The number of furan rings is 1. The van der Waals surface area contributed by atoms with E-state index in [1.807, 2.05) is 6.92 Å². The molecule has 118 valence electrons. The molecule has 5 nitrogen and oxygen atoms in total. The number of aryl methyl sites for hydroxylation is 1. The molecule has 1 aromatic heterocycles. The number of carbonyl (C=O) groups is 1. The maximum Gasteiger partial charge on any atom is 0.244 e. The Kier molecular flexibility index (Phi) is 5.05. The fraction of sp³-hybridized carbons (Fsp3) is 0.267. The van der Waals surface area contributed by atoms with Crippen LogP contribution in [0.3, 0.4) is 0 Å². The Morgan fingerprint density at radius 1 is 1.27 bits per heavy atom. The van der Waals surface area contributed by atoms with Crippen LogP contribution in [0, 0.1) is 6.92 Å². The van der Waals surface area contributed by atoms with E-state index in [1.165, 1.54) is 25.3 Å². The van der Waals surface area contributed by atoms with Gasteiger partial charge in [0, 0.05) is 0 Å². The SMILES string of the molecule is Cc1ccc(S(=O)(=O)N(Cc2ccco2)C(C)C(=O)Cl)cc1. The van der Waals surface area contributed by atoms with Crippen molar-refractivity contribution in [3.05, 3.63) is 54.0 Å². The lowest BCUT2D eigenvalue weighted by Crippen LogP contribution is -2.41. The average molecular weight is 342 g/mol. The van der Waals surface area contributed by atoms with Gasteiger partial charge >= 0.3 is 0 Å². The minimum Gasteiger partial charge on any atom is -0.468 e. The van der Waals surface area contributed by atoms with Crippen LogP contribution >= 0.6 is 11.6 Å². The normalized spacial score (nSPS) is 13.3. The molecular formula is C15H16ClNO4S. The van der Waals surface area contributed by atoms with Gasteiger partial charge in [0.1, 0.15) is 5.76 Å². The first-order valence-corrected chi connectivity index (χ1v) is 8.44. The number of hydrogen-bond donors (Lipinski definition) is 0. The smallest absolute Gasteiger partial charge is 0.244 e. The Morgan fingerprint density at radius 2 is 1.91 bits per heavy atom. The summed E-state index contributed by atoms with van der Waals surface area (Å²) in [6, 6.07) is 8.70. The fourth-order valence-electron chi connectivity index (χ4n) is 1.95. The number of sulfonamides is 1. The molecule has 2 rings (SSSR count). The molecule has 0 fully saturated rings. The molecule has 0 radical (unpaired) electrons. The monoisotopic (exact) mass is 341 g/mol. The molecule has 1 heterocycles. The van der Waals surface area contributed by atoms with Crippen molar-refractivity contribution >= 4 is 26.9 Å². The Labute approximate surface area is 134 Å². The summed E-state index contributed by atoms with van der Waals surface area (Å²) in [5.74, 6) is 0.431. The molecule has 1 aromatic carbocycles. The van der Waals surface area contributed by atoms with E-state index < -0.39 is 21.3 Å². The van der Waals surface area contributed by atoms with Crippen molar-refractivity contribution in [3.8, 4) is 0 Å². The van der Waals surface area contributed by atoms with Crippen LogP contribution in [0.5, 0.6) is 0 Å². The van der Waals surface area contributed by atoms with Gasteiger partial charge in [0.15, 0.2) is 0 Å². The molecule has 0 aliphatic carbocycles. The molecule has 0 N–H and O–H groups in total. The van der Waals surface area contributed by atoms with Gasteiger partial charge in [0.05, 0.1) is 23.7 Å². The zero-order chi connectivity index (χ0) is 16.3. The Morgan fingerprint density at radius 3 is 2.41 bits per heavy atom. The van der Waals surface area contributed by atoms with E-state index >= 15 is 0 Å². The van der Waals surface area contributed by atoms with Crippen molar-refractivity contribution < 1.29 is 17.6 Å². The van der Waals surface area contributed by atoms with Gasteiger partial charge in [0.2, 0.25) is 15.3 Å². The largest absolute Gasteiger partial charge is 0.468 e. The van der Waals surface area contributed by atoms with Gasteiger partial charge in [-0.2, -0.15) is 4.31 Å². The second kappa shape index (κ2) is 6.64. The lowest BCUT2D eigenvalue weighted by atomic mass is 10.2. The molecule has 7 heteroatoms. The summed E-state index contributed by atoms with van der Waals surface area (Å²) in [4.78, 5) is 11.6. The van der Waals surface area contributed by atoms with Gasteiger partial charge in [-0.3, -0.25) is 4.79 Å². The number of carbonyl (C=O) groups excluding carboxylic acids is 1. The first-order valence-electron chi connectivity index (χ1n) is 6.62.